The fourth-order valence-corrected chi connectivity index (χ4v) is 2.58. The Bertz CT molecular complexity index is 829. The molecule has 0 saturated carbocycles. The zero-order valence-electron chi connectivity index (χ0n) is 15.9. The van der Waals surface area contributed by atoms with Crippen molar-refractivity contribution in [3.05, 3.63) is 65.2 Å². The highest BCUT2D eigenvalue weighted by Gasteiger charge is 2.14. The van der Waals surface area contributed by atoms with Gasteiger partial charge in [-0.3, -0.25) is 9.59 Å². The van der Waals surface area contributed by atoms with Gasteiger partial charge in [0.05, 0.1) is 20.3 Å². The van der Waals surface area contributed by atoms with Gasteiger partial charge >= 0.3 is 0 Å². The van der Waals surface area contributed by atoms with E-state index in [1.807, 2.05) is 13.0 Å². The molecule has 0 aromatic heterocycles. The molecule has 1 atom stereocenters. The van der Waals surface area contributed by atoms with E-state index in [2.05, 4.69) is 10.6 Å². The molecule has 0 aliphatic rings. The zero-order valence-corrected chi connectivity index (χ0v) is 15.9. The highest BCUT2D eigenvalue weighted by molar-refractivity contribution is 5.95. The second kappa shape index (κ2) is 9.43. The van der Waals surface area contributed by atoms with Crippen LogP contribution in [0.2, 0.25) is 0 Å². The minimum atomic E-state index is -0.261. The molecular weight excluding hydrogens is 344 g/mol. The van der Waals surface area contributed by atoms with Crippen LogP contribution < -0.4 is 20.1 Å². The number of hydrogen-bond donors (Lipinski definition) is 2. The van der Waals surface area contributed by atoms with Gasteiger partial charge in [0.25, 0.3) is 5.91 Å². The molecule has 0 fully saturated rings. The molecular formula is C21H24N2O4. The minimum absolute atomic E-state index is 0.149. The summed E-state index contributed by atoms with van der Waals surface area (Å²) in [6.07, 6.45) is 3.15. The van der Waals surface area contributed by atoms with Gasteiger partial charge in [-0.1, -0.05) is 12.1 Å². The predicted octanol–water partition coefficient (Wildman–Crippen LogP) is 2.95. The maximum atomic E-state index is 12.2. The van der Waals surface area contributed by atoms with Crippen molar-refractivity contribution in [3.8, 4) is 11.5 Å². The third kappa shape index (κ3) is 5.34. The smallest absolute Gasteiger partial charge is 0.251 e. The molecule has 2 aromatic carbocycles. The number of rotatable bonds is 7. The van der Waals surface area contributed by atoms with Crippen LogP contribution in [0.3, 0.4) is 0 Å². The van der Waals surface area contributed by atoms with Crippen LogP contribution in [0.15, 0.2) is 48.5 Å². The molecule has 142 valence electrons. The molecule has 6 heteroatoms. The largest absolute Gasteiger partial charge is 0.497 e. The van der Waals surface area contributed by atoms with E-state index < -0.39 is 0 Å². The molecule has 6 nitrogen and oxygen atoms in total. The minimum Gasteiger partial charge on any atom is -0.497 e. The van der Waals surface area contributed by atoms with Gasteiger partial charge in [-0.25, -0.2) is 0 Å². The first kappa shape index (κ1) is 20.0. The first-order valence-electron chi connectivity index (χ1n) is 8.51. The summed E-state index contributed by atoms with van der Waals surface area (Å²) in [6.45, 7) is 1.88. The van der Waals surface area contributed by atoms with Gasteiger partial charge in [-0.15, -0.1) is 0 Å². The third-order valence-corrected chi connectivity index (χ3v) is 4.09. The van der Waals surface area contributed by atoms with Crippen LogP contribution in [0.4, 0.5) is 0 Å². The van der Waals surface area contributed by atoms with E-state index in [4.69, 9.17) is 9.47 Å². The van der Waals surface area contributed by atoms with Gasteiger partial charge in [-0.05, 0) is 48.9 Å². The fourth-order valence-electron chi connectivity index (χ4n) is 2.58. The second-order valence-electron chi connectivity index (χ2n) is 5.87. The number of carbonyl (C=O) groups excluding carboxylic acids is 2. The number of nitrogens with one attached hydrogen (secondary N) is 2. The van der Waals surface area contributed by atoms with Gasteiger partial charge in [0.2, 0.25) is 5.91 Å². The molecule has 27 heavy (non-hydrogen) atoms. The molecule has 2 aromatic rings. The SMILES string of the molecule is CNC(=O)c1ccc(/C=C/C(=O)NC(C)c2cc(OC)ccc2OC)cc1. The van der Waals surface area contributed by atoms with Crippen molar-refractivity contribution in [1.82, 2.24) is 10.6 Å². The fraction of sp³-hybridized carbons (Fsp3) is 0.238. The lowest BCUT2D eigenvalue weighted by Gasteiger charge is -2.17. The van der Waals surface area contributed by atoms with Crippen LogP contribution in [-0.2, 0) is 4.79 Å². The number of ether oxygens (including phenoxy) is 2. The second-order valence-corrected chi connectivity index (χ2v) is 5.87. The van der Waals surface area contributed by atoms with E-state index in [1.165, 1.54) is 6.08 Å². The van der Waals surface area contributed by atoms with Crippen LogP contribution in [-0.4, -0.2) is 33.1 Å². The normalized spacial score (nSPS) is 11.7. The van der Waals surface area contributed by atoms with Crippen molar-refractivity contribution in [1.29, 1.82) is 0 Å². The number of amides is 2. The summed E-state index contributed by atoms with van der Waals surface area (Å²) in [7, 11) is 4.76. The molecule has 0 saturated heterocycles. The summed E-state index contributed by atoms with van der Waals surface area (Å²) in [5.74, 6) is 0.989. The van der Waals surface area contributed by atoms with Crippen LogP contribution in [0.1, 0.15) is 34.5 Å². The van der Waals surface area contributed by atoms with Gasteiger partial charge < -0.3 is 20.1 Å². The van der Waals surface area contributed by atoms with Crippen molar-refractivity contribution in [2.24, 2.45) is 0 Å². The van der Waals surface area contributed by atoms with Gasteiger partial charge in [0.15, 0.2) is 0 Å². The average molecular weight is 368 g/mol. The molecule has 2 rings (SSSR count). The molecule has 0 aliphatic heterocycles. The van der Waals surface area contributed by atoms with Gasteiger partial charge in [-0.2, -0.15) is 0 Å². The summed E-state index contributed by atoms with van der Waals surface area (Å²) in [5.41, 5.74) is 2.22. The van der Waals surface area contributed by atoms with E-state index in [9.17, 15) is 9.59 Å². The lowest BCUT2D eigenvalue weighted by Crippen LogP contribution is -2.25. The number of methoxy groups -OCH3 is 2. The monoisotopic (exact) mass is 368 g/mol. The highest BCUT2D eigenvalue weighted by atomic mass is 16.5. The lowest BCUT2D eigenvalue weighted by atomic mass is 10.1. The van der Waals surface area contributed by atoms with E-state index >= 15 is 0 Å². The third-order valence-electron chi connectivity index (χ3n) is 4.09. The predicted molar refractivity (Wildman–Crippen MR) is 105 cm³/mol. The maximum absolute atomic E-state index is 12.2. The summed E-state index contributed by atoms with van der Waals surface area (Å²) < 4.78 is 10.6. The average Bonchev–Trinajstić information content (AvgIpc) is 2.71. The standard InChI is InChI=1S/C21H24N2O4/c1-14(18-13-17(26-3)10-11-19(18)27-4)23-20(24)12-7-15-5-8-16(9-6-15)21(25)22-2/h5-14H,1-4H3,(H,22,25)(H,23,24)/b12-7+. The van der Waals surface area contributed by atoms with Crippen molar-refractivity contribution in [3.63, 3.8) is 0 Å². The Morgan fingerprint density at radius 3 is 2.33 bits per heavy atom. The Hall–Kier alpha value is -3.28. The van der Waals surface area contributed by atoms with E-state index in [1.54, 1.807) is 63.7 Å². The summed E-state index contributed by atoms with van der Waals surface area (Å²) in [6, 6.07) is 12.2. The van der Waals surface area contributed by atoms with Crippen molar-refractivity contribution < 1.29 is 19.1 Å². The van der Waals surface area contributed by atoms with Crippen LogP contribution in [0.5, 0.6) is 11.5 Å². The molecule has 0 spiro atoms. The van der Waals surface area contributed by atoms with Crippen LogP contribution in [0, 0.1) is 0 Å². The quantitative estimate of drug-likeness (QED) is 0.737. The molecule has 0 radical (unpaired) electrons. The molecule has 2 N–H and O–H groups in total. The molecule has 2 amide bonds. The molecule has 0 bridgehead atoms. The highest BCUT2D eigenvalue weighted by Crippen LogP contribution is 2.29. The lowest BCUT2D eigenvalue weighted by molar-refractivity contribution is -0.117. The summed E-state index contributed by atoms with van der Waals surface area (Å²) in [5, 5.41) is 5.47. The van der Waals surface area contributed by atoms with Crippen molar-refractivity contribution in [2.45, 2.75) is 13.0 Å². The Labute approximate surface area is 159 Å². The number of benzene rings is 2. The van der Waals surface area contributed by atoms with Gasteiger partial charge in [0.1, 0.15) is 11.5 Å². The van der Waals surface area contributed by atoms with Crippen LogP contribution >= 0.6 is 0 Å². The molecule has 0 aliphatic carbocycles. The topological polar surface area (TPSA) is 76.7 Å². The number of hydrogen-bond acceptors (Lipinski definition) is 4. The van der Waals surface area contributed by atoms with E-state index in [0.29, 0.717) is 17.1 Å². The first-order valence-corrected chi connectivity index (χ1v) is 8.51. The van der Waals surface area contributed by atoms with E-state index in [-0.39, 0.29) is 17.9 Å². The summed E-state index contributed by atoms with van der Waals surface area (Å²) >= 11 is 0. The Morgan fingerprint density at radius 1 is 1.04 bits per heavy atom. The van der Waals surface area contributed by atoms with E-state index in [0.717, 1.165) is 11.1 Å². The van der Waals surface area contributed by atoms with Crippen LogP contribution in [0.25, 0.3) is 6.08 Å². The Kier molecular flexibility index (Phi) is 7.00. The first-order chi connectivity index (χ1) is 13.0. The summed E-state index contributed by atoms with van der Waals surface area (Å²) in [4.78, 5) is 23.8. The number of carbonyl (C=O) groups is 2. The Morgan fingerprint density at radius 2 is 1.74 bits per heavy atom. The molecule has 0 heterocycles. The Balaban J connectivity index is 2.04. The van der Waals surface area contributed by atoms with Crippen molar-refractivity contribution >= 4 is 17.9 Å². The molecule has 1 unspecified atom stereocenters. The maximum Gasteiger partial charge on any atom is 0.251 e. The zero-order chi connectivity index (χ0) is 19.8. The van der Waals surface area contributed by atoms with Gasteiger partial charge in [0, 0.05) is 24.3 Å². The van der Waals surface area contributed by atoms with Crippen molar-refractivity contribution in [2.75, 3.05) is 21.3 Å².